The van der Waals surface area contributed by atoms with Gasteiger partial charge in [-0.05, 0) is 120 Å². The summed E-state index contributed by atoms with van der Waals surface area (Å²) in [4.78, 5) is 130. The molecule has 7 amide bonds. The Bertz CT molecular complexity index is 2110. The predicted molar refractivity (Wildman–Crippen MR) is 371 cm³/mol. The van der Waals surface area contributed by atoms with Crippen LogP contribution in [0.15, 0.2) is 0 Å². The summed E-state index contributed by atoms with van der Waals surface area (Å²) in [6.45, 7) is 29.4. The topological polar surface area (TPSA) is 261 Å². The third-order valence-electron chi connectivity index (χ3n) is 19.4. The first-order valence-corrected chi connectivity index (χ1v) is 37.5. The van der Waals surface area contributed by atoms with Crippen molar-refractivity contribution in [2.24, 2.45) is 22.2 Å². The first-order valence-electron chi connectivity index (χ1n) is 37.5. The third kappa shape index (κ3) is 32.6. The van der Waals surface area contributed by atoms with Crippen LogP contribution in [0.3, 0.4) is 0 Å². The number of amides is 7. The smallest absolute Gasteiger partial charge is 0.407 e. The minimum Gasteiger partial charge on any atom is -0.461 e. The van der Waals surface area contributed by atoms with Gasteiger partial charge in [-0.25, -0.2) is 19.2 Å². The van der Waals surface area contributed by atoms with Crippen molar-refractivity contribution in [2.75, 3.05) is 91.8 Å². The van der Waals surface area contributed by atoms with Crippen molar-refractivity contribution >= 4 is 54.0 Å². The Balaban J connectivity index is 1.25. The van der Waals surface area contributed by atoms with E-state index in [4.69, 9.17) is 28.4 Å². The van der Waals surface area contributed by atoms with E-state index in [0.717, 1.165) is 116 Å². The molecule has 0 aromatic rings. The maximum Gasteiger partial charge on any atom is 0.407 e. The van der Waals surface area contributed by atoms with Crippen LogP contribution in [0.4, 0.5) is 19.2 Å². The van der Waals surface area contributed by atoms with E-state index in [1.54, 1.807) is 0 Å². The highest BCUT2D eigenvalue weighted by Gasteiger charge is 2.45. The molecule has 96 heavy (non-hydrogen) atoms. The molecule has 4 heterocycles. The number of alkyl carbamates (subject to hydrolysis) is 3. The maximum atomic E-state index is 14.1. The van der Waals surface area contributed by atoms with Gasteiger partial charge < -0.3 is 44.4 Å². The molecule has 23 heteroatoms. The van der Waals surface area contributed by atoms with Crippen molar-refractivity contribution in [1.82, 2.24) is 40.4 Å². The number of ether oxygens (including phenoxy) is 6. The van der Waals surface area contributed by atoms with Crippen molar-refractivity contribution in [3.8, 4) is 0 Å². The van der Waals surface area contributed by atoms with Crippen LogP contribution in [-0.4, -0.2) is 207 Å². The van der Waals surface area contributed by atoms with Crippen molar-refractivity contribution in [3.63, 3.8) is 0 Å². The number of hydrogen-bond acceptors (Lipinski definition) is 18. The largest absolute Gasteiger partial charge is 0.461 e. The second-order valence-electron chi connectivity index (χ2n) is 30.0. The quantitative estimate of drug-likeness (QED) is 0.0168. The average molecular weight is 1360 g/mol. The van der Waals surface area contributed by atoms with Crippen LogP contribution in [0.5, 0.6) is 0 Å². The molecule has 4 saturated heterocycles. The number of nitrogens with zero attached hydrogens (tertiary/aromatic N) is 5. The number of rotatable bonds is 54. The van der Waals surface area contributed by atoms with Crippen LogP contribution >= 0.6 is 0 Å². The van der Waals surface area contributed by atoms with Gasteiger partial charge in [-0.15, -0.1) is 0 Å². The molecule has 9 atom stereocenters. The lowest BCUT2D eigenvalue weighted by Gasteiger charge is -2.37. The zero-order valence-corrected chi connectivity index (χ0v) is 61.6. The summed E-state index contributed by atoms with van der Waals surface area (Å²) in [6, 6.07) is 0.485. The zero-order valence-electron chi connectivity index (χ0n) is 61.6. The molecule has 0 saturated carbocycles. The van der Waals surface area contributed by atoms with Crippen LogP contribution in [0.2, 0.25) is 0 Å². The lowest BCUT2D eigenvalue weighted by Crippen LogP contribution is -2.60. The predicted octanol–water partition coefficient (Wildman–Crippen LogP) is 12.5. The molecular formula is C73H130N8O15. The van der Waals surface area contributed by atoms with Crippen LogP contribution in [0.25, 0.3) is 0 Å². The monoisotopic (exact) mass is 1360 g/mol. The normalized spacial score (nSPS) is 21.0. The van der Waals surface area contributed by atoms with E-state index in [1.807, 2.05) is 41.5 Å². The third-order valence-corrected chi connectivity index (χ3v) is 19.4. The summed E-state index contributed by atoms with van der Waals surface area (Å²) in [6.07, 6.45) is 19.0. The fourth-order valence-corrected chi connectivity index (χ4v) is 12.1. The van der Waals surface area contributed by atoms with E-state index in [1.165, 1.54) is 9.80 Å². The fourth-order valence-electron chi connectivity index (χ4n) is 12.1. The molecule has 4 aliphatic rings. The van der Waals surface area contributed by atoms with Gasteiger partial charge in [-0.2, -0.15) is 0 Å². The van der Waals surface area contributed by atoms with E-state index in [-0.39, 0.29) is 57.2 Å². The second-order valence-corrected chi connectivity index (χ2v) is 30.0. The summed E-state index contributed by atoms with van der Waals surface area (Å²) in [5, 5.41) is 8.50. The fraction of sp³-hybridized carbons (Fsp3) is 0.877. The molecule has 4 aliphatic heterocycles. The summed E-state index contributed by atoms with van der Waals surface area (Å²) in [5.74, 6) is -2.92. The lowest BCUT2D eigenvalue weighted by atomic mass is 9.87. The van der Waals surface area contributed by atoms with Gasteiger partial charge in [0.2, 0.25) is 11.8 Å². The Labute approximate surface area is 577 Å². The van der Waals surface area contributed by atoms with E-state index < -0.39 is 76.6 Å². The Morgan fingerprint density at radius 1 is 0.406 bits per heavy atom. The Morgan fingerprint density at radius 3 is 0.958 bits per heavy atom. The summed E-state index contributed by atoms with van der Waals surface area (Å²) >= 11 is 0. The van der Waals surface area contributed by atoms with Crippen LogP contribution in [0, 0.1) is 22.2 Å². The van der Waals surface area contributed by atoms with Crippen LogP contribution < -0.4 is 16.0 Å². The number of unbranched alkanes of at least 4 members (excludes halogenated alkanes) is 18. The number of urea groups is 1. The van der Waals surface area contributed by atoms with Gasteiger partial charge in [0, 0.05) is 90.1 Å². The minimum absolute atomic E-state index is 0.0237. The molecular weight excluding hydrogens is 1230 g/mol. The number of barbiturate groups is 1. The zero-order chi connectivity index (χ0) is 70.7. The van der Waals surface area contributed by atoms with E-state index >= 15 is 0 Å². The highest BCUT2D eigenvalue weighted by Crippen LogP contribution is 2.31. The molecule has 4 fully saturated rings. The van der Waals surface area contributed by atoms with Crippen molar-refractivity contribution < 1.29 is 71.6 Å². The Hall–Kier alpha value is -5.29. The Kier molecular flexibility index (Phi) is 38.1. The van der Waals surface area contributed by atoms with Gasteiger partial charge in [0.25, 0.3) is 0 Å². The van der Waals surface area contributed by atoms with Crippen molar-refractivity contribution in [3.05, 3.63) is 0 Å². The molecule has 0 spiro atoms. The number of carbonyl (C=O) groups is 9. The highest BCUT2D eigenvalue weighted by atomic mass is 16.6. The van der Waals surface area contributed by atoms with Gasteiger partial charge >= 0.3 is 42.2 Å². The van der Waals surface area contributed by atoms with Crippen molar-refractivity contribution in [2.45, 2.75) is 299 Å². The molecule has 23 nitrogen and oxygen atoms in total. The number of hydrogen-bond donors (Lipinski definition) is 3. The van der Waals surface area contributed by atoms with E-state index in [9.17, 15) is 43.2 Å². The lowest BCUT2D eigenvalue weighted by molar-refractivity contribution is -0.158. The Morgan fingerprint density at radius 2 is 0.677 bits per heavy atom. The second kappa shape index (κ2) is 44.0. The van der Waals surface area contributed by atoms with Crippen LogP contribution in [-0.2, 0) is 52.4 Å². The van der Waals surface area contributed by atoms with Crippen molar-refractivity contribution in [1.29, 1.82) is 0 Å². The molecule has 0 bridgehead atoms. The number of imide groups is 2. The van der Waals surface area contributed by atoms with Gasteiger partial charge in [-0.1, -0.05) is 143 Å². The summed E-state index contributed by atoms with van der Waals surface area (Å²) < 4.78 is 34.5. The van der Waals surface area contributed by atoms with Crippen LogP contribution in [0.1, 0.15) is 263 Å². The standard InChI is InChI=1S/C73H130N8O15/c1-13-16-19-29-38-71(7,8)64(84)91-52-58(49-77-46-55(77)4)94-67(87)74-41-32-23-22-28-37-61-62(82)80(44-35-26-24-33-42-75-68(88)95-59(50-78-47-56(78)5)53-92-65(85)72(9,10)39-30-20-17-14-2)70(90)81(63(61)83)45-36-27-25-34-43-76-69(89)96-60(51-79-48-57(79)6)54-93-66(86)73(11,12)40-31-21-18-15-3/h55-61H,13-54H2,1-12H3,(H,74,87)(H,75,88)(H,76,89). The first kappa shape index (κ1) is 83.1. The molecule has 9 unspecified atom stereocenters. The summed E-state index contributed by atoms with van der Waals surface area (Å²) in [7, 11) is 0. The molecule has 552 valence electrons. The van der Waals surface area contributed by atoms with Gasteiger partial charge in [0.15, 0.2) is 18.3 Å². The maximum absolute atomic E-state index is 14.1. The number of carbonyl (C=O) groups excluding carboxylic acids is 9. The highest BCUT2D eigenvalue weighted by molar-refractivity contribution is 6.16. The number of esters is 3. The SMILES string of the molecule is CCCCCCC(C)(C)C(=O)OCC(CN1CC1C)OC(=O)NCCCCCCC1C(=O)N(CCCCCCNC(=O)OC(COC(=O)C(C)(C)CCCCCC)CN2CC2C)C(=O)N(CCCCCCNC(=O)OC(COC(=O)C(C)(C)CCCCCC)CN2CC2C)C1=O. The van der Waals surface area contributed by atoms with E-state index in [0.29, 0.717) is 134 Å². The van der Waals surface area contributed by atoms with Gasteiger partial charge in [0.1, 0.15) is 25.7 Å². The average Bonchev–Trinajstić information content (AvgIpc) is 1.31. The minimum atomic E-state index is -1.02. The molecule has 3 N–H and O–H groups in total. The first-order chi connectivity index (χ1) is 45.7. The molecule has 0 aromatic heterocycles. The van der Waals surface area contributed by atoms with E-state index in [2.05, 4.69) is 72.2 Å². The molecule has 0 aliphatic carbocycles. The molecule has 0 radical (unpaired) electrons. The van der Waals surface area contributed by atoms with Gasteiger partial charge in [0.05, 0.1) is 16.2 Å². The molecule has 4 rings (SSSR count). The molecule has 0 aromatic carbocycles. The number of nitrogens with one attached hydrogen (secondary N) is 3. The summed E-state index contributed by atoms with van der Waals surface area (Å²) in [5.41, 5.74) is -1.91. The van der Waals surface area contributed by atoms with Gasteiger partial charge in [-0.3, -0.25) is 48.5 Å².